The van der Waals surface area contributed by atoms with E-state index in [1.807, 2.05) is 0 Å². The average Bonchev–Trinajstić information content (AvgIpc) is 2.29. The highest BCUT2D eigenvalue weighted by molar-refractivity contribution is 7.55. The monoisotopic (exact) mass is 318 g/mol. The van der Waals surface area contributed by atoms with E-state index >= 15 is 0 Å². The van der Waals surface area contributed by atoms with E-state index in [2.05, 4.69) is 0 Å². The predicted octanol–water partition coefficient (Wildman–Crippen LogP) is 3.80. The second-order valence-electron chi connectivity index (χ2n) is 3.36. The third-order valence-electron chi connectivity index (χ3n) is 1.92. The molecule has 0 N–H and O–H groups in total. The Morgan fingerprint density at radius 2 is 1.16 bits per heavy atom. The normalized spacial score (nSPS) is 14.6. The molecular weight excluding hydrogens is 294 g/mol. The molecule has 0 saturated carbocycles. The van der Waals surface area contributed by atoms with E-state index in [4.69, 9.17) is 22.6 Å². The Morgan fingerprint density at radius 1 is 0.789 bits per heavy atom. The van der Waals surface area contributed by atoms with Crippen LogP contribution in [0.5, 0.6) is 0 Å². The van der Waals surface area contributed by atoms with E-state index in [9.17, 15) is 9.13 Å². The fourth-order valence-corrected chi connectivity index (χ4v) is 4.49. The van der Waals surface area contributed by atoms with Crippen LogP contribution in [0.15, 0.2) is 0 Å². The van der Waals surface area contributed by atoms with Crippen LogP contribution in [0.4, 0.5) is 0 Å². The molecule has 0 aromatic carbocycles. The summed E-state index contributed by atoms with van der Waals surface area (Å²) in [6.45, 7) is 8.82. The van der Waals surface area contributed by atoms with E-state index in [-0.39, 0.29) is 26.4 Å². The molecular formula is C10H24O7P2. The van der Waals surface area contributed by atoms with Crippen molar-refractivity contribution < 1.29 is 31.7 Å². The number of phosphoric ester groups is 1. The van der Waals surface area contributed by atoms with E-state index in [0.717, 1.165) is 0 Å². The lowest BCUT2D eigenvalue weighted by atomic mass is 10.9. The lowest BCUT2D eigenvalue weighted by Gasteiger charge is -2.26. The van der Waals surface area contributed by atoms with Gasteiger partial charge in [-0.15, -0.1) is 0 Å². The lowest BCUT2D eigenvalue weighted by molar-refractivity contribution is 0.0951. The third-order valence-corrected chi connectivity index (χ3v) is 6.04. The molecule has 9 heteroatoms. The molecule has 0 heterocycles. The van der Waals surface area contributed by atoms with Crippen LogP contribution in [0.1, 0.15) is 34.6 Å². The van der Waals surface area contributed by atoms with Crippen molar-refractivity contribution in [2.24, 2.45) is 0 Å². The van der Waals surface area contributed by atoms with Crippen LogP contribution >= 0.6 is 15.4 Å². The first-order valence-corrected chi connectivity index (χ1v) is 9.40. The number of hydrogen-bond acceptors (Lipinski definition) is 7. The zero-order chi connectivity index (χ0) is 14.9. The molecule has 19 heavy (non-hydrogen) atoms. The van der Waals surface area contributed by atoms with Crippen molar-refractivity contribution in [2.45, 2.75) is 40.5 Å². The molecule has 0 rings (SSSR count). The van der Waals surface area contributed by atoms with E-state index in [1.165, 1.54) is 6.92 Å². The largest absolute Gasteiger partial charge is 0.475 e. The number of phosphoric acid groups is 1. The third kappa shape index (κ3) is 6.50. The highest BCUT2D eigenvalue weighted by Gasteiger charge is 2.40. The van der Waals surface area contributed by atoms with Crippen LogP contribution in [0.3, 0.4) is 0 Å². The van der Waals surface area contributed by atoms with Crippen molar-refractivity contribution in [3.05, 3.63) is 0 Å². The molecule has 0 fully saturated rings. The molecule has 0 bridgehead atoms. The maximum Gasteiger partial charge on any atom is 0.475 e. The van der Waals surface area contributed by atoms with Gasteiger partial charge in [-0.05, 0) is 34.6 Å². The van der Waals surface area contributed by atoms with Crippen molar-refractivity contribution in [2.75, 3.05) is 26.4 Å². The first kappa shape index (κ1) is 19.3. The first-order chi connectivity index (χ1) is 8.87. The van der Waals surface area contributed by atoms with Crippen LogP contribution in [0.2, 0.25) is 0 Å². The van der Waals surface area contributed by atoms with Gasteiger partial charge < -0.3 is 9.05 Å². The van der Waals surface area contributed by atoms with E-state index < -0.39 is 21.3 Å². The Labute approximate surface area is 115 Å². The fraction of sp³-hybridized carbons (Fsp3) is 1.00. The minimum absolute atomic E-state index is 0.150. The summed E-state index contributed by atoms with van der Waals surface area (Å²) in [5.41, 5.74) is 0. The van der Waals surface area contributed by atoms with Gasteiger partial charge in [0.2, 0.25) is 0 Å². The van der Waals surface area contributed by atoms with Gasteiger partial charge in [-0.25, -0.2) is 4.57 Å². The van der Waals surface area contributed by atoms with Crippen molar-refractivity contribution in [3.8, 4) is 0 Å². The smallest absolute Gasteiger partial charge is 0.307 e. The van der Waals surface area contributed by atoms with Crippen molar-refractivity contribution in [1.82, 2.24) is 0 Å². The quantitative estimate of drug-likeness (QED) is 0.536. The SMILES string of the molecule is CCOP(=O)(OCC)OC(C)P(=O)(OCC)OCC. The minimum Gasteiger partial charge on any atom is -0.307 e. The molecule has 1 atom stereocenters. The van der Waals surface area contributed by atoms with Crippen LogP contribution in [0, 0.1) is 0 Å². The average molecular weight is 318 g/mol. The molecule has 116 valence electrons. The molecule has 0 aliphatic carbocycles. The molecule has 0 aliphatic heterocycles. The zero-order valence-corrected chi connectivity index (χ0v) is 13.9. The summed E-state index contributed by atoms with van der Waals surface area (Å²) in [6, 6.07) is 0. The van der Waals surface area contributed by atoms with Gasteiger partial charge in [-0.1, -0.05) is 0 Å². The maximum absolute atomic E-state index is 12.4. The van der Waals surface area contributed by atoms with Crippen molar-refractivity contribution >= 4 is 15.4 Å². The maximum atomic E-state index is 12.4. The Kier molecular flexibility index (Phi) is 9.37. The zero-order valence-electron chi connectivity index (χ0n) is 12.2. The van der Waals surface area contributed by atoms with Crippen LogP contribution < -0.4 is 0 Å². The first-order valence-electron chi connectivity index (χ1n) is 6.33. The van der Waals surface area contributed by atoms with Gasteiger partial charge in [0, 0.05) is 0 Å². The Balaban J connectivity index is 4.90. The summed E-state index contributed by atoms with van der Waals surface area (Å²) in [5.74, 6) is -1.05. The van der Waals surface area contributed by atoms with Gasteiger partial charge in [-0.2, -0.15) is 0 Å². The van der Waals surface area contributed by atoms with Crippen LogP contribution in [-0.2, 0) is 31.7 Å². The van der Waals surface area contributed by atoms with Gasteiger partial charge >= 0.3 is 15.4 Å². The second kappa shape index (κ2) is 9.24. The van der Waals surface area contributed by atoms with Gasteiger partial charge in [-0.3, -0.25) is 18.1 Å². The molecule has 0 aromatic rings. The number of hydrogen-bond donors (Lipinski definition) is 0. The van der Waals surface area contributed by atoms with E-state index in [0.29, 0.717) is 0 Å². The van der Waals surface area contributed by atoms with Gasteiger partial charge in [0.05, 0.1) is 26.4 Å². The van der Waals surface area contributed by atoms with Gasteiger partial charge in [0.25, 0.3) is 0 Å². The second-order valence-corrected chi connectivity index (χ2v) is 7.31. The van der Waals surface area contributed by atoms with Gasteiger partial charge in [0.1, 0.15) is 0 Å². The van der Waals surface area contributed by atoms with Crippen LogP contribution in [0.25, 0.3) is 0 Å². The molecule has 0 saturated heterocycles. The van der Waals surface area contributed by atoms with Crippen molar-refractivity contribution in [1.29, 1.82) is 0 Å². The number of rotatable bonds is 11. The molecule has 0 amide bonds. The highest BCUT2D eigenvalue weighted by Crippen LogP contribution is 2.60. The minimum atomic E-state index is -3.75. The molecule has 0 radical (unpaired) electrons. The Morgan fingerprint density at radius 3 is 1.47 bits per heavy atom. The summed E-state index contributed by atoms with van der Waals surface area (Å²) in [5, 5.41) is 0. The summed E-state index contributed by atoms with van der Waals surface area (Å²) in [7, 11) is -7.26. The summed E-state index contributed by atoms with van der Waals surface area (Å²) in [4.78, 5) is 0. The lowest BCUT2D eigenvalue weighted by Crippen LogP contribution is -2.14. The fourth-order valence-electron chi connectivity index (χ4n) is 1.27. The van der Waals surface area contributed by atoms with Crippen LogP contribution in [-0.4, -0.2) is 32.3 Å². The Hall–Kier alpha value is 0.260. The molecule has 1 unspecified atom stereocenters. The highest BCUT2D eigenvalue weighted by atomic mass is 31.2. The van der Waals surface area contributed by atoms with E-state index in [1.54, 1.807) is 27.7 Å². The molecule has 7 nitrogen and oxygen atoms in total. The summed E-state index contributed by atoms with van der Waals surface area (Å²) in [6.07, 6.45) is 0. The molecule has 0 spiro atoms. The van der Waals surface area contributed by atoms with Gasteiger partial charge in [0.15, 0.2) is 5.85 Å². The molecule has 0 aromatic heterocycles. The topological polar surface area (TPSA) is 80.3 Å². The summed E-state index contributed by atoms with van der Waals surface area (Å²) >= 11 is 0. The molecule has 0 aliphatic rings. The standard InChI is InChI=1S/C10H24O7P2/c1-6-13-18(11,14-7-2)10(5)17-19(12,15-8-3)16-9-4/h10H,6-9H2,1-5H3. The Bertz CT molecular complexity index is 314. The predicted molar refractivity (Wildman–Crippen MR) is 72.3 cm³/mol. The summed E-state index contributed by atoms with van der Waals surface area (Å²) < 4.78 is 49.9. The van der Waals surface area contributed by atoms with Crippen molar-refractivity contribution in [3.63, 3.8) is 0 Å².